The molecule has 24 heavy (non-hydrogen) atoms. The van der Waals surface area contributed by atoms with Gasteiger partial charge in [-0.15, -0.1) is 10.2 Å². The van der Waals surface area contributed by atoms with Gasteiger partial charge in [-0.25, -0.2) is 0 Å². The number of pyridine rings is 1. The Kier molecular flexibility index (Phi) is 3.87. The minimum absolute atomic E-state index is 0.113. The summed E-state index contributed by atoms with van der Waals surface area (Å²) in [6.07, 6.45) is 1.64. The number of nitrogens with zero attached hydrogens (tertiary/aromatic N) is 3. The number of hydrogen-bond acceptors (Lipinski definition) is 5. The molecule has 0 aliphatic rings. The second-order valence-corrected chi connectivity index (χ2v) is 5.15. The summed E-state index contributed by atoms with van der Waals surface area (Å²) in [4.78, 5) is 23.0. The van der Waals surface area contributed by atoms with Crippen LogP contribution < -0.4 is 5.32 Å². The highest BCUT2D eigenvalue weighted by Crippen LogP contribution is 2.34. The molecule has 0 spiro atoms. The van der Waals surface area contributed by atoms with Crippen molar-refractivity contribution in [3.63, 3.8) is 0 Å². The molecule has 0 saturated heterocycles. The van der Waals surface area contributed by atoms with E-state index in [4.69, 9.17) is 5.11 Å². The van der Waals surface area contributed by atoms with Gasteiger partial charge in [0.05, 0.1) is 0 Å². The van der Waals surface area contributed by atoms with Crippen LogP contribution in [0.2, 0.25) is 0 Å². The van der Waals surface area contributed by atoms with Crippen LogP contribution in [0.15, 0.2) is 36.5 Å². The van der Waals surface area contributed by atoms with Gasteiger partial charge in [-0.2, -0.15) is 0 Å². The van der Waals surface area contributed by atoms with Crippen LogP contribution >= 0.6 is 0 Å². The number of fused-ring (bicyclic) bond motifs is 1. The van der Waals surface area contributed by atoms with Crippen molar-refractivity contribution in [2.24, 2.45) is 0 Å². The van der Waals surface area contributed by atoms with Gasteiger partial charge in [0.25, 0.3) is 5.91 Å². The van der Waals surface area contributed by atoms with Gasteiger partial charge < -0.3 is 15.5 Å². The first-order valence-electron chi connectivity index (χ1n) is 7.11. The predicted octanol–water partition coefficient (Wildman–Crippen LogP) is 1.22. The van der Waals surface area contributed by atoms with Crippen molar-refractivity contribution in [2.75, 3.05) is 6.54 Å². The Hall–Kier alpha value is -3.42. The number of carboxylic acids is 1. The first-order valence-corrected chi connectivity index (χ1v) is 7.11. The highest BCUT2D eigenvalue weighted by molar-refractivity contribution is 6.05. The largest absolute Gasteiger partial charge is 0.506 e. The van der Waals surface area contributed by atoms with Crippen molar-refractivity contribution in [2.45, 2.75) is 6.92 Å². The van der Waals surface area contributed by atoms with E-state index in [2.05, 4.69) is 15.5 Å². The Morgan fingerprint density at radius 1 is 1.21 bits per heavy atom. The van der Waals surface area contributed by atoms with E-state index in [0.717, 1.165) is 0 Å². The lowest BCUT2D eigenvalue weighted by molar-refractivity contribution is -0.135. The molecule has 0 bridgehead atoms. The summed E-state index contributed by atoms with van der Waals surface area (Å²) in [5.74, 6) is -1.65. The third kappa shape index (κ3) is 2.65. The molecule has 0 radical (unpaired) electrons. The van der Waals surface area contributed by atoms with Gasteiger partial charge >= 0.3 is 5.97 Å². The van der Waals surface area contributed by atoms with Crippen LogP contribution in [-0.2, 0) is 4.79 Å². The van der Waals surface area contributed by atoms with Crippen LogP contribution in [0, 0.1) is 6.92 Å². The number of aliphatic carboxylic acids is 1. The number of aromatic nitrogens is 3. The van der Waals surface area contributed by atoms with Crippen molar-refractivity contribution < 1.29 is 19.8 Å². The number of hydrogen-bond donors (Lipinski definition) is 3. The van der Waals surface area contributed by atoms with Crippen molar-refractivity contribution in [3.05, 3.63) is 47.9 Å². The maximum absolute atomic E-state index is 12.4. The molecular formula is C16H14N4O4. The summed E-state index contributed by atoms with van der Waals surface area (Å²) in [6.45, 7) is 1.15. The molecule has 0 saturated carbocycles. The fourth-order valence-electron chi connectivity index (χ4n) is 2.41. The zero-order valence-corrected chi connectivity index (χ0v) is 12.7. The maximum Gasteiger partial charge on any atom is 0.322 e. The van der Waals surface area contributed by atoms with Crippen molar-refractivity contribution in [1.82, 2.24) is 19.9 Å². The van der Waals surface area contributed by atoms with Crippen molar-refractivity contribution in [1.29, 1.82) is 0 Å². The second kappa shape index (κ2) is 5.99. The normalized spacial score (nSPS) is 10.7. The Labute approximate surface area is 136 Å². The summed E-state index contributed by atoms with van der Waals surface area (Å²) in [6, 6.07) is 9.03. The quantitative estimate of drug-likeness (QED) is 0.664. The number of aromatic hydroxyl groups is 1. The number of rotatable bonds is 4. The molecule has 2 aromatic heterocycles. The van der Waals surface area contributed by atoms with E-state index in [0.29, 0.717) is 17.0 Å². The van der Waals surface area contributed by atoms with Gasteiger partial charge in [0, 0.05) is 11.8 Å². The number of aryl methyl sites for hydroxylation is 1. The molecule has 3 aromatic rings. The molecule has 0 aliphatic heterocycles. The highest BCUT2D eigenvalue weighted by Gasteiger charge is 2.23. The molecule has 0 aliphatic carbocycles. The van der Waals surface area contributed by atoms with Gasteiger partial charge in [-0.1, -0.05) is 30.3 Å². The second-order valence-electron chi connectivity index (χ2n) is 5.15. The summed E-state index contributed by atoms with van der Waals surface area (Å²) >= 11 is 0. The van der Waals surface area contributed by atoms with Gasteiger partial charge in [0.2, 0.25) is 0 Å². The lowest BCUT2D eigenvalue weighted by atomic mass is 10.0. The minimum atomic E-state index is -1.18. The molecule has 0 atom stereocenters. The fourth-order valence-corrected chi connectivity index (χ4v) is 2.41. The zero-order chi connectivity index (χ0) is 17.3. The molecule has 122 valence electrons. The van der Waals surface area contributed by atoms with E-state index < -0.39 is 18.4 Å². The molecule has 8 heteroatoms. The van der Waals surface area contributed by atoms with Crippen LogP contribution in [0.4, 0.5) is 0 Å². The first-order chi connectivity index (χ1) is 11.5. The fraction of sp³-hybridized carbons (Fsp3) is 0.125. The van der Waals surface area contributed by atoms with Crippen molar-refractivity contribution in [3.8, 4) is 16.9 Å². The Bertz CT molecular complexity index is 934. The molecule has 8 nitrogen and oxygen atoms in total. The Balaban J connectivity index is 2.21. The third-order valence-corrected chi connectivity index (χ3v) is 3.55. The average Bonchev–Trinajstić information content (AvgIpc) is 2.93. The molecule has 0 fully saturated rings. The summed E-state index contributed by atoms with van der Waals surface area (Å²) < 4.78 is 1.58. The zero-order valence-electron chi connectivity index (χ0n) is 12.7. The van der Waals surface area contributed by atoms with Gasteiger partial charge in [-0.3, -0.25) is 14.0 Å². The Morgan fingerprint density at radius 2 is 1.92 bits per heavy atom. The maximum atomic E-state index is 12.4. The lowest BCUT2D eigenvalue weighted by Crippen LogP contribution is -2.29. The number of nitrogens with one attached hydrogen (secondary N) is 1. The van der Waals surface area contributed by atoms with E-state index in [-0.39, 0.29) is 17.0 Å². The van der Waals surface area contributed by atoms with Gasteiger partial charge in [0.15, 0.2) is 5.65 Å². The van der Waals surface area contributed by atoms with Gasteiger partial charge in [0.1, 0.15) is 23.7 Å². The number of carboxylic acid groups (broad SMARTS) is 1. The molecule has 1 aromatic carbocycles. The highest BCUT2D eigenvalue weighted by atomic mass is 16.4. The van der Waals surface area contributed by atoms with E-state index >= 15 is 0 Å². The van der Waals surface area contributed by atoms with Crippen LogP contribution in [0.25, 0.3) is 16.8 Å². The molecule has 3 N–H and O–H groups in total. The van der Waals surface area contributed by atoms with Crippen LogP contribution in [-0.4, -0.2) is 43.2 Å². The average molecular weight is 326 g/mol. The van der Waals surface area contributed by atoms with E-state index in [1.54, 1.807) is 29.7 Å². The summed E-state index contributed by atoms with van der Waals surface area (Å²) in [5.41, 5.74) is 1.18. The predicted molar refractivity (Wildman–Crippen MR) is 84.8 cm³/mol. The number of carbonyl (C=O) groups excluding carboxylic acids is 1. The van der Waals surface area contributed by atoms with E-state index in [1.807, 2.05) is 18.2 Å². The molecule has 1 amide bonds. The molecule has 0 unspecified atom stereocenters. The topological polar surface area (TPSA) is 117 Å². The smallest absolute Gasteiger partial charge is 0.322 e. The number of benzene rings is 1. The summed E-state index contributed by atoms with van der Waals surface area (Å²) in [7, 11) is 0. The van der Waals surface area contributed by atoms with Crippen molar-refractivity contribution >= 4 is 17.5 Å². The molecule has 3 rings (SSSR count). The lowest BCUT2D eigenvalue weighted by Gasteiger charge is -2.12. The van der Waals surface area contributed by atoms with E-state index in [1.165, 1.54) is 0 Å². The monoisotopic (exact) mass is 326 g/mol. The van der Waals surface area contributed by atoms with Crippen LogP contribution in [0.5, 0.6) is 5.75 Å². The molecular weight excluding hydrogens is 312 g/mol. The van der Waals surface area contributed by atoms with Crippen LogP contribution in [0.3, 0.4) is 0 Å². The Morgan fingerprint density at radius 3 is 2.58 bits per heavy atom. The van der Waals surface area contributed by atoms with Gasteiger partial charge in [-0.05, 0) is 12.5 Å². The molecule has 2 heterocycles. The summed E-state index contributed by atoms with van der Waals surface area (Å²) in [5, 5.41) is 29.4. The first kappa shape index (κ1) is 15.5. The third-order valence-electron chi connectivity index (χ3n) is 3.55. The minimum Gasteiger partial charge on any atom is -0.506 e. The standard InChI is InChI=1S/C16H14N4O4/c1-9-18-19-15-13(16(24)17-7-12(21)22)14(23)11(8-20(9)15)10-5-3-2-4-6-10/h2-6,8,23H,7H2,1H3,(H,17,24)(H,21,22). The van der Waals surface area contributed by atoms with E-state index in [9.17, 15) is 14.7 Å². The number of carbonyl (C=O) groups is 2. The number of amides is 1. The van der Waals surface area contributed by atoms with Crippen LogP contribution in [0.1, 0.15) is 16.2 Å². The SMILES string of the molecule is Cc1nnc2c(C(=O)NCC(=O)O)c(O)c(-c3ccccc3)cn12.